The predicted molar refractivity (Wildman–Crippen MR) is 103 cm³/mol. The molecule has 0 heterocycles. The molecule has 140 valence electrons. The van der Waals surface area contributed by atoms with Crippen molar-refractivity contribution in [3.63, 3.8) is 0 Å². The van der Waals surface area contributed by atoms with Crippen LogP contribution in [0.25, 0.3) is 0 Å². The van der Waals surface area contributed by atoms with Crippen LogP contribution in [0.3, 0.4) is 0 Å². The van der Waals surface area contributed by atoms with Gasteiger partial charge in [-0.15, -0.1) is 0 Å². The molecule has 2 aromatic carbocycles. The number of benzene rings is 2. The summed E-state index contributed by atoms with van der Waals surface area (Å²) < 4.78 is 16.0. The van der Waals surface area contributed by atoms with Crippen molar-refractivity contribution in [2.45, 2.75) is 19.4 Å². The fourth-order valence-electron chi connectivity index (χ4n) is 2.26. The molecule has 0 aliphatic carbocycles. The topological polar surface area (TPSA) is 56.8 Å². The van der Waals surface area contributed by atoms with Gasteiger partial charge in [-0.25, -0.2) is 0 Å². The van der Waals surface area contributed by atoms with Crippen LogP contribution >= 0.6 is 23.2 Å². The largest absolute Gasteiger partial charge is 0.497 e. The van der Waals surface area contributed by atoms with Crippen molar-refractivity contribution in [2.75, 3.05) is 20.8 Å². The number of halogens is 2. The van der Waals surface area contributed by atoms with Crippen molar-refractivity contribution in [2.24, 2.45) is 0 Å². The lowest BCUT2D eigenvalue weighted by molar-refractivity contribution is -0.121. The number of carbonyl (C=O) groups is 1. The molecule has 0 saturated heterocycles. The van der Waals surface area contributed by atoms with Crippen LogP contribution in [0, 0.1) is 0 Å². The second-order valence-electron chi connectivity index (χ2n) is 5.52. The van der Waals surface area contributed by atoms with Gasteiger partial charge >= 0.3 is 0 Å². The lowest BCUT2D eigenvalue weighted by Gasteiger charge is -2.10. The Balaban J connectivity index is 1.74. The van der Waals surface area contributed by atoms with Gasteiger partial charge in [-0.1, -0.05) is 23.2 Å². The summed E-state index contributed by atoms with van der Waals surface area (Å²) in [6.07, 6.45) is 0.929. The zero-order chi connectivity index (χ0) is 18.9. The van der Waals surface area contributed by atoms with Crippen molar-refractivity contribution in [3.05, 3.63) is 52.0 Å². The third-order valence-corrected chi connectivity index (χ3v) is 4.13. The van der Waals surface area contributed by atoms with Crippen LogP contribution < -0.4 is 19.5 Å². The minimum Gasteiger partial charge on any atom is -0.497 e. The van der Waals surface area contributed by atoms with Crippen LogP contribution in [-0.2, 0) is 11.3 Å². The van der Waals surface area contributed by atoms with Crippen LogP contribution in [-0.4, -0.2) is 26.7 Å². The number of nitrogens with one attached hydrogen (secondary N) is 1. The molecule has 0 saturated carbocycles. The molecule has 0 aliphatic heterocycles. The number of amides is 1. The second-order valence-corrected chi connectivity index (χ2v) is 6.37. The van der Waals surface area contributed by atoms with Crippen LogP contribution in [0.1, 0.15) is 18.4 Å². The van der Waals surface area contributed by atoms with E-state index in [-0.39, 0.29) is 5.91 Å². The van der Waals surface area contributed by atoms with E-state index in [4.69, 9.17) is 37.4 Å². The van der Waals surface area contributed by atoms with E-state index >= 15 is 0 Å². The van der Waals surface area contributed by atoms with E-state index in [2.05, 4.69) is 5.32 Å². The summed E-state index contributed by atoms with van der Waals surface area (Å²) in [4.78, 5) is 12.0. The highest BCUT2D eigenvalue weighted by molar-refractivity contribution is 6.35. The Bertz CT molecular complexity index is 730. The maximum Gasteiger partial charge on any atom is 0.220 e. The predicted octanol–water partition coefficient (Wildman–Crippen LogP) is 4.49. The van der Waals surface area contributed by atoms with Gasteiger partial charge in [0.15, 0.2) is 0 Å². The third kappa shape index (κ3) is 6.32. The fraction of sp³-hybridized carbons (Fsp3) is 0.316. The Labute approximate surface area is 163 Å². The van der Waals surface area contributed by atoms with E-state index in [1.54, 1.807) is 38.5 Å². The molecule has 0 fully saturated rings. The standard InChI is InChI=1S/C19H21Cl2NO4/c1-24-15-8-13(9-16(11-15)25-2)12-22-19(23)4-3-7-26-18-6-5-14(20)10-17(18)21/h5-6,8-11H,3-4,7,12H2,1-2H3,(H,22,23). The van der Waals surface area contributed by atoms with Gasteiger partial charge in [-0.05, 0) is 42.3 Å². The summed E-state index contributed by atoms with van der Waals surface area (Å²) in [6.45, 7) is 0.790. The maximum absolute atomic E-state index is 12.0. The maximum atomic E-state index is 12.0. The Kier molecular flexibility index (Phi) is 7.88. The molecule has 7 heteroatoms. The van der Waals surface area contributed by atoms with Crippen molar-refractivity contribution < 1.29 is 19.0 Å². The van der Waals surface area contributed by atoms with E-state index in [9.17, 15) is 4.79 Å². The summed E-state index contributed by atoms with van der Waals surface area (Å²) in [5.41, 5.74) is 0.902. The van der Waals surface area contributed by atoms with Gasteiger partial charge in [0.05, 0.1) is 25.8 Å². The van der Waals surface area contributed by atoms with Gasteiger partial charge in [0.25, 0.3) is 0 Å². The zero-order valence-corrected chi connectivity index (χ0v) is 16.2. The number of hydrogen-bond acceptors (Lipinski definition) is 4. The van der Waals surface area contributed by atoms with E-state index in [0.717, 1.165) is 5.56 Å². The number of hydrogen-bond donors (Lipinski definition) is 1. The highest BCUT2D eigenvalue weighted by Crippen LogP contribution is 2.27. The molecule has 0 bridgehead atoms. The molecule has 0 radical (unpaired) electrons. The minimum absolute atomic E-state index is 0.0578. The molecule has 26 heavy (non-hydrogen) atoms. The van der Waals surface area contributed by atoms with Gasteiger partial charge in [0.1, 0.15) is 17.2 Å². The summed E-state index contributed by atoms with van der Waals surface area (Å²) in [5, 5.41) is 3.87. The number of carbonyl (C=O) groups excluding carboxylic acids is 1. The Morgan fingerprint density at radius 1 is 1.04 bits per heavy atom. The lowest BCUT2D eigenvalue weighted by atomic mass is 10.2. The number of methoxy groups -OCH3 is 2. The second kappa shape index (κ2) is 10.1. The first-order chi connectivity index (χ1) is 12.5. The van der Waals surface area contributed by atoms with Crippen LogP contribution in [0.2, 0.25) is 10.0 Å². The minimum atomic E-state index is -0.0578. The molecule has 0 aliphatic rings. The Morgan fingerprint density at radius 2 is 1.73 bits per heavy atom. The van der Waals surface area contributed by atoms with Crippen molar-refractivity contribution in [1.82, 2.24) is 5.32 Å². The Morgan fingerprint density at radius 3 is 2.35 bits per heavy atom. The summed E-state index contributed by atoms with van der Waals surface area (Å²) in [6, 6.07) is 10.5. The first-order valence-electron chi connectivity index (χ1n) is 8.08. The van der Waals surface area contributed by atoms with E-state index in [1.165, 1.54) is 0 Å². The van der Waals surface area contributed by atoms with Crippen molar-refractivity contribution in [1.29, 1.82) is 0 Å². The smallest absolute Gasteiger partial charge is 0.220 e. The number of rotatable bonds is 9. The SMILES string of the molecule is COc1cc(CNC(=O)CCCOc2ccc(Cl)cc2Cl)cc(OC)c1. The molecule has 2 rings (SSSR count). The van der Waals surface area contributed by atoms with Gasteiger partial charge in [0, 0.05) is 24.1 Å². The van der Waals surface area contributed by atoms with Crippen molar-refractivity contribution in [3.8, 4) is 17.2 Å². The van der Waals surface area contributed by atoms with Gasteiger partial charge in [-0.3, -0.25) is 4.79 Å². The van der Waals surface area contributed by atoms with Gasteiger partial charge < -0.3 is 19.5 Å². The van der Waals surface area contributed by atoms with E-state index < -0.39 is 0 Å². The quantitative estimate of drug-likeness (QED) is 0.633. The molecule has 0 unspecified atom stereocenters. The summed E-state index contributed by atoms with van der Waals surface area (Å²) >= 11 is 11.9. The van der Waals surface area contributed by atoms with Crippen molar-refractivity contribution >= 4 is 29.1 Å². The van der Waals surface area contributed by atoms with E-state index in [1.807, 2.05) is 12.1 Å². The lowest BCUT2D eigenvalue weighted by Crippen LogP contribution is -2.23. The van der Waals surface area contributed by atoms with Gasteiger partial charge in [0.2, 0.25) is 5.91 Å². The highest BCUT2D eigenvalue weighted by atomic mass is 35.5. The van der Waals surface area contributed by atoms with E-state index in [0.29, 0.717) is 53.3 Å². The monoisotopic (exact) mass is 397 g/mol. The molecular formula is C19H21Cl2NO4. The molecule has 5 nitrogen and oxygen atoms in total. The van der Waals surface area contributed by atoms with Crippen LogP contribution in [0.15, 0.2) is 36.4 Å². The molecule has 0 aromatic heterocycles. The normalized spacial score (nSPS) is 10.3. The molecular weight excluding hydrogens is 377 g/mol. The third-order valence-electron chi connectivity index (χ3n) is 3.60. The molecule has 2 aromatic rings. The number of ether oxygens (including phenoxy) is 3. The first kappa shape index (κ1) is 20.2. The fourth-order valence-corrected chi connectivity index (χ4v) is 2.73. The highest BCUT2D eigenvalue weighted by Gasteiger charge is 2.06. The average Bonchev–Trinajstić information content (AvgIpc) is 2.64. The summed E-state index contributed by atoms with van der Waals surface area (Å²) in [5.74, 6) is 1.86. The Hall–Kier alpha value is -2.11. The van der Waals surface area contributed by atoms with Crippen LogP contribution in [0.5, 0.6) is 17.2 Å². The van der Waals surface area contributed by atoms with Gasteiger partial charge in [-0.2, -0.15) is 0 Å². The average molecular weight is 398 g/mol. The molecule has 0 atom stereocenters. The molecule has 0 spiro atoms. The van der Waals surface area contributed by atoms with Crippen LogP contribution in [0.4, 0.5) is 0 Å². The first-order valence-corrected chi connectivity index (χ1v) is 8.84. The molecule has 1 N–H and O–H groups in total. The zero-order valence-electron chi connectivity index (χ0n) is 14.7. The molecule has 1 amide bonds. The summed E-state index contributed by atoms with van der Waals surface area (Å²) in [7, 11) is 3.17.